The first-order chi connectivity index (χ1) is 9.67. The van der Waals surface area contributed by atoms with Gasteiger partial charge in [-0.2, -0.15) is 0 Å². The van der Waals surface area contributed by atoms with Crippen molar-refractivity contribution >= 4 is 5.69 Å². The van der Waals surface area contributed by atoms with Crippen LogP contribution in [0.5, 0.6) is 11.5 Å². The molecule has 0 fully saturated rings. The molecular weight excluding hydrogens is 256 g/mol. The third-order valence-electron chi connectivity index (χ3n) is 3.15. The quantitative estimate of drug-likeness (QED) is 0.871. The molecule has 1 unspecified atom stereocenters. The Bertz CT molecular complexity index is 587. The number of aliphatic hydroxyl groups excluding tert-OH is 1. The van der Waals surface area contributed by atoms with Crippen LogP contribution in [0, 0.1) is 0 Å². The fourth-order valence-corrected chi connectivity index (χ4v) is 2.10. The van der Waals surface area contributed by atoms with Gasteiger partial charge in [0.05, 0.1) is 20.3 Å². The Morgan fingerprint density at radius 1 is 1.25 bits per heavy atom. The number of rotatable bonds is 5. The monoisotopic (exact) mass is 274 g/mol. The number of nitrogens with two attached hydrogens (primary N) is 1. The van der Waals surface area contributed by atoms with E-state index >= 15 is 0 Å². The van der Waals surface area contributed by atoms with E-state index in [0.717, 1.165) is 5.56 Å². The number of hydrogen-bond donors (Lipinski definition) is 2. The molecular formula is C15H18N2O3. The minimum absolute atomic E-state index is 0.364. The largest absolute Gasteiger partial charge is 0.493 e. The van der Waals surface area contributed by atoms with Crippen LogP contribution in [0.25, 0.3) is 0 Å². The third kappa shape index (κ3) is 2.83. The van der Waals surface area contributed by atoms with Crippen LogP contribution in [-0.2, 0) is 6.42 Å². The zero-order valence-electron chi connectivity index (χ0n) is 11.5. The Labute approximate surface area is 118 Å². The molecule has 0 saturated carbocycles. The Balaban J connectivity index is 2.30. The van der Waals surface area contributed by atoms with Crippen LogP contribution >= 0.6 is 0 Å². The van der Waals surface area contributed by atoms with Gasteiger partial charge < -0.3 is 20.3 Å². The number of para-hydroxylation sites is 1. The number of aliphatic hydroxyl groups is 1. The maximum atomic E-state index is 10.4. The number of ether oxygens (including phenoxy) is 2. The van der Waals surface area contributed by atoms with Gasteiger partial charge in [0, 0.05) is 30.1 Å². The Morgan fingerprint density at radius 3 is 2.70 bits per heavy atom. The second kappa shape index (κ2) is 6.25. The number of anilines is 1. The van der Waals surface area contributed by atoms with Crippen LogP contribution in [0.15, 0.2) is 36.7 Å². The molecule has 0 amide bonds. The molecule has 106 valence electrons. The fourth-order valence-electron chi connectivity index (χ4n) is 2.10. The SMILES string of the molecule is COc1cccc(C(O)Cc2cnccc2N)c1OC. The number of benzene rings is 1. The lowest BCUT2D eigenvalue weighted by Gasteiger charge is -2.17. The Hall–Kier alpha value is -2.27. The van der Waals surface area contributed by atoms with Crippen molar-refractivity contribution in [3.63, 3.8) is 0 Å². The minimum atomic E-state index is -0.744. The number of nitrogen functional groups attached to an aromatic ring is 1. The summed E-state index contributed by atoms with van der Waals surface area (Å²) in [5.74, 6) is 1.12. The van der Waals surface area contributed by atoms with Crippen LogP contribution < -0.4 is 15.2 Å². The van der Waals surface area contributed by atoms with E-state index in [0.29, 0.717) is 29.2 Å². The summed E-state index contributed by atoms with van der Waals surface area (Å²) >= 11 is 0. The van der Waals surface area contributed by atoms with E-state index < -0.39 is 6.10 Å². The van der Waals surface area contributed by atoms with Crippen molar-refractivity contribution in [2.75, 3.05) is 20.0 Å². The van der Waals surface area contributed by atoms with Crippen molar-refractivity contribution in [2.24, 2.45) is 0 Å². The van der Waals surface area contributed by atoms with Gasteiger partial charge in [0.1, 0.15) is 0 Å². The number of hydrogen-bond acceptors (Lipinski definition) is 5. The molecule has 0 aliphatic rings. The molecule has 1 aromatic carbocycles. The topological polar surface area (TPSA) is 77.6 Å². The summed E-state index contributed by atoms with van der Waals surface area (Å²) in [7, 11) is 3.11. The van der Waals surface area contributed by atoms with E-state index in [-0.39, 0.29) is 0 Å². The van der Waals surface area contributed by atoms with Gasteiger partial charge in [-0.05, 0) is 17.7 Å². The summed E-state index contributed by atoms with van der Waals surface area (Å²) in [5, 5.41) is 10.4. The van der Waals surface area contributed by atoms with E-state index in [9.17, 15) is 5.11 Å². The highest BCUT2D eigenvalue weighted by Gasteiger charge is 2.18. The van der Waals surface area contributed by atoms with Crippen molar-refractivity contribution < 1.29 is 14.6 Å². The lowest BCUT2D eigenvalue weighted by Crippen LogP contribution is -2.07. The summed E-state index contributed by atoms with van der Waals surface area (Å²) in [6.45, 7) is 0. The third-order valence-corrected chi connectivity index (χ3v) is 3.15. The van der Waals surface area contributed by atoms with Crippen molar-refractivity contribution in [2.45, 2.75) is 12.5 Å². The van der Waals surface area contributed by atoms with Crippen LogP contribution in [0.1, 0.15) is 17.2 Å². The molecule has 0 aliphatic heterocycles. The molecule has 0 bridgehead atoms. The second-order valence-corrected chi connectivity index (χ2v) is 4.38. The zero-order valence-corrected chi connectivity index (χ0v) is 11.5. The predicted octanol–water partition coefficient (Wildman–Crippen LogP) is 1.96. The molecule has 1 heterocycles. The minimum Gasteiger partial charge on any atom is -0.493 e. The number of nitrogens with zero attached hydrogens (tertiary/aromatic N) is 1. The van der Waals surface area contributed by atoms with Gasteiger partial charge in [0.15, 0.2) is 11.5 Å². The zero-order chi connectivity index (χ0) is 14.5. The maximum Gasteiger partial charge on any atom is 0.166 e. The normalized spacial score (nSPS) is 11.9. The van der Waals surface area contributed by atoms with Gasteiger partial charge in [-0.15, -0.1) is 0 Å². The fraction of sp³-hybridized carbons (Fsp3) is 0.267. The number of aromatic nitrogens is 1. The molecule has 5 nitrogen and oxygen atoms in total. The van der Waals surface area contributed by atoms with Crippen LogP contribution in [0.4, 0.5) is 5.69 Å². The lowest BCUT2D eigenvalue weighted by molar-refractivity contribution is 0.173. The lowest BCUT2D eigenvalue weighted by atomic mass is 10.0. The average molecular weight is 274 g/mol. The summed E-state index contributed by atoms with van der Waals surface area (Å²) < 4.78 is 10.6. The van der Waals surface area contributed by atoms with Crippen molar-refractivity contribution in [1.82, 2.24) is 4.98 Å². The highest BCUT2D eigenvalue weighted by atomic mass is 16.5. The van der Waals surface area contributed by atoms with Gasteiger partial charge in [0.2, 0.25) is 0 Å². The van der Waals surface area contributed by atoms with E-state index in [4.69, 9.17) is 15.2 Å². The maximum absolute atomic E-state index is 10.4. The molecule has 1 atom stereocenters. The highest BCUT2D eigenvalue weighted by molar-refractivity contribution is 5.49. The Kier molecular flexibility index (Phi) is 4.42. The average Bonchev–Trinajstić information content (AvgIpc) is 2.48. The molecule has 2 aromatic rings. The van der Waals surface area contributed by atoms with E-state index in [1.807, 2.05) is 6.07 Å². The van der Waals surface area contributed by atoms with Gasteiger partial charge in [-0.1, -0.05) is 12.1 Å². The second-order valence-electron chi connectivity index (χ2n) is 4.38. The molecule has 5 heteroatoms. The first kappa shape index (κ1) is 14.1. The number of pyridine rings is 1. The van der Waals surface area contributed by atoms with Crippen LogP contribution in [0.2, 0.25) is 0 Å². The Morgan fingerprint density at radius 2 is 2.05 bits per heavy atom. The molecule has 0 spiro atoms. The van der Waals surface area contributed by atoms with Crippen LogP contribution in [0.3, 0.4) is 0 Å². The molecule has 0 saturated heterocycles. The summed E-state index contributed by atoms with van der Waals surface area (Å²) in [5.41, 5.74) is 7.94. The standard InChI is InChI=1S/C15H18N2O3/c1-19-14-5-3-4-11(15(14)20-2)13(18)8-10-9-17-7-6-12(10)16/h3-7,9,13,18H,8H2,1-2H3,(H2,16,17). The van der Waals surface area contributed by atoms with E-state index in [1.54, 1.807) is 44.8 Å². The van der Waals surface area contributed by atoms with Gasteiger partial charge in [0.25, 0.3) is 0 Å². The van der Waals surface area contributed by atoms with Gasteiger partial charge in [-0.25, -0.2) is 0 Å². The predicted molar refractivity (Wildman–Crippen MR) is 76.9 cm³/mol. The van der Waals surface area contributed by atoms with E-state index in [2.05, 4.69) is 4.98 Å². The van der Waals surface area contributed by atoms with Gasteiger partial charge in [-0.3, -0.25) is 4.98 Å². The molecule has 1 aromatic heterocycles. The highest BCUT2D eigenvalue weighted by Crippen LogP contribution is 2.36. The molecule has 2 rings (SSSR count). The van der Waals surface area contributed by atoms with Crippen molar-refractivity contribution in [3.05, 3.63) is 47.8 Å². The van der Waals surface area contributed by atoms with Crippen LogP contribution in [-0.4, -0.2) is 24.3 Å². The van der Waals surface area contributed by atoms with Gasteiger partial charge >= 0.3 is 0 Å². The summed E-state index contributed by atoms with van der Waals surface area (Å²) in [6, 6.07) is 7.11. The van der Waals surface area contributed by atoms with Crippen molar-refractivity contribution in [1.29, 1.82) is 0 Å². The molecule has 3 N–H and O–H groups in total. The number of methoxy groups -OCH3 is 2. The van der Waals surface area contributed by atoms with E-state index in [1.165, 1.54) is 0 Å². The first-order valence-corrected chi connectivity index (χ1v) is 6.24. The molecule has 0 radical (unpaired) electrons. The summed E-state index contributed by atoms with van der Waals surface area (Å²) in [4.78, 5) is 4.02. The first-order valence-electron chi connectivity index (χ1n) is 6.24. The summed E-state index contributed by atoms with van der Waals surface area (Å²) in [6.07, 6.45) is 2.90. The molecule has 0 aliphatic carbocycles. The molecule has 20 heavy (non-hydrogen) atoms. The van der Waals surface area contributed by atoms with Crippen molar-refractivity contribution in [3.8, 4) is 11.5 Å². The smallest absolute Gasteiger partial charge is 0.166 e.